The molecule has 1 aliphatic heterocycles. The Morgan fingerprint density at radius 3 is 2.95 bits per heavy atom. The van der Waals surface area contributed by atoms with Crippen molar-refractivity contribution in [3.05, 3.63) is 11.7 Å². The van der Waals surface area contributed by atoms with E-state index in [1.54, 1.807) is 11.8 Å². The summed E-state index contributed by atoms with van der Waals surface area (Å²) in [4.78, 5) is 20.6. The average molecular weight is 294 g/mol. The highest BCUT2D eigenvalue weighted by Gasteiger charge is 2.20. The van der Waals surface area contributed by atoms with Crippen LogP contribution in [0, 0.1) is 12.8 Å². The summed E-state index contributed by atoms with van der Waals surface area (Å²) in [6, 6.07) is 0. The zero-order chi connectivity index (χ0) is 15.2. The van der Waals surface area contributed by atoms with Crippen LogP contribution in [0.4, 0.5) is 0 Å². The molecular weight excluding hydrogens is 268 g/mol. The van der Waals surface area contributed by atoms with Crippen molar-refractivity contribution in [2.24, 2.45) is 5.92 Å². The van der Waals surface area contributed by atoms with E-state index >= 15 is 0 Å². The van der Waals surface area contributed by atoms with Crippen LogP contribution in [-0.4, -0.2) is 52.5 Å². The third kappa shape index (κ3) is 4.81. The van der Waals surface area contributed by atoms with Gasteiger partial charge in [0.05, 0.1) is 6.54 Å². The van der Waals surface area contributed by atoms with Crippen LogP contribution < -0.4 is 0 Å². The Bertz CT molecular complexity index is 460. The fraction of sp³-hybridized carbons (Fsp3) is 0.800. The molecule has 1 aliphatic rings. The average Bonchev–Trinajstić information content (AvgIpc) is 2.87. The molecule has 1 atom stereocenters. The summed E-state index contributed by atoms with van der Waals surface area (Å²) in [5, 5.41) is 3.76. The number of piperidine rings is 1. The molecule has 2 rings (SSSR count). The second-order valence-corrected chi connectivity index (χ2v) is 5.95. The third-order valence-electron chi connectivity index (χ3n) is 4.12. The largest absolute Gasteiger partial charge is 0.337 e. The minimum Gasteiger partial charge on any atom is -0.337 e. The number of aromatic nitrogens is 2. The summed E-state index contributed by atoms with van der Waals surface area (Å²) in [7, 11) is 2.16. The van der Waals surface area contributed by atoms with Crippen molar-refractivity contribution in [1.82, 2.24) is 19.9 Å². The lowest BCUT2D eigenvalue weighted by molar-refractivity contribution is -0.132. The van der Waals surface area contributed by atoms with Crippen molar-refractivity contribution >= 4 is 5.91 Å². The number of carbonyl (C=O) groups is 1. The van der Waals surface area contributed by atoms with Gasteiger partial charge < -0.3 is 14.3 Å². The number of hydrogen-bond acceptors (Lipinski definition) is 5. The molecule has 2 heterocycles. The Balaban J connectivity index is 1.79. The van der Waals surface area contributed by atoms with Crippen LogP contribution in [0.3, 0.4) is 0 Å². The van der Waals surface area contributed by atoms with Gasteiger partial charge in [-0.25, -0.2) is 0 Å². The summed E-state index contributed by atoms with van der Waals surface area (Å²) < 4.78 is 5.09. The first-order valence-corrected chi connectivity index (χ1v) is 7.84. The van der Waals surface area contributed by atoms with Crippen LogP contribution in [0.5, 0.6) is 0 Å². The van der Waals surface area contributed by atoms with Crippen LogP contribution in [0.1, 0.15) is 44.3 Å². The molecule has 0 bridgehead atoms. The van der Waals surface area contributed by atoms with E-state index in [4.69, 9.17) is 4.52 Å². The molecule has 0 aromatic carbocycles. The molecule has 6 nitrogen and oxygen atoms in total. The molecule has 0 saturated carbocycles. The van der Waals surface area contributed by atoms with E-state index in [-0.39, 0.29) is 5.91 Å². The number of carbonyl (C=O) groups excluding carboxylic acids is 1. The molecule has 0 radical (unpaired) electrons. The van der Waals surface area contributed by atoms with E-state index in [9.17, 15) is 4.79 Å². The number of aryl methyl sites for hydroxylation is 1. The Morgan fingerprint density at radius 2 is 2.33 bits per heavy atom. The van der Waals surface area contributed by atoms with Crippen molar-refractivity contribution in [2.75, 3.05) is 26.7 Å². The number of nitrogens with zero attached hydrogens (tertiary/aromatic N) is 4. The van der Waals surface area contributed by atoms with E-state index in [1.165, 1.54) is 19.4 Å². The monoisotopic (exact) mass is 294 g/mol. The Kier molecular flexibility index (Phi) is 5.73. The standard InChI is InChI=1S/C15H26N4O2/c1-4-19(11-14-16-12(2)17-21-14)15(20)8-7-13-6-5-9-18(3)10-13/h13H,4-11H2,1-3H3/t13-/m0/s1. The molecule has 0 spiro atoms. The minimum absolute atomic E-state index is 0.182. The summed E-state index contributed by atoms with van der Waals surface area (Å²) in [6.07, 6.45) is 4.07. The van der Waals surface area contributed by atoms with Gasteiger partial charge >= 0.3 is 0 Å². The first-order valence-electron chi connectivity index (χ1n) is 7.84. The lowest BCUT2D eigenvalue weighted by Crippen LogP contribution is -2.34. The fourth-order valence-electron chi connectivity index (χ4n) is 2.94. The lowest BCUT2D eigenvalue weighted by atomic mass is 9.93. The SMILES string of the molecule is CCN(Cc1nc(C)no1)C(=O)CC[C@@H]1CCCN(C)C1. The molecule has 0 unspecified atom stereocenters. The zero-order valence-electron chi connectivity index (χ0n) is 13.3. The van der Waals surface area contributed by atoms with E-state index in [1.807, 2.05) is 6.92 Å². The second-order valence-electron chi connectivity index (χ2n) is 5.95. The molecular formula is C15H26N4O2. The van der Waals surface area contributed by atoms with Gasteiger partial charge in [-0.05, 0) is 52.6 Å². The summed E-state index contributed by atoms with van der Waals surface area (Å²) in [5.74, 6) is 1.96. The first kappa shape index (κ1) is 15.9. The van der Waals surface area contributed by atoms with Crippen LogP contribution in [0.15, 0.2) is 4.52 Å². The second kappa shape index (κ2) is 7.54. The minimum atomic E-state index is 0.182. The molecule has 0 N–H and O–H groups in total. The van der Waals surface area contributed by atoms with Gasteiger partial charge in [0.25, 0.3) is 0 Å². The van der Waals surface area contributed by atoms with E-state index in [0.717, 1.165) is 13.0 Å². The molecule has 1 aromatic rings. The highest BCUT2D eigenvalue weighted by molar-refractivity contribution is 5.76. The molecule has 6 heteroatoms. The van der Waals surface area contributed by atoms with Crippen molar-refractivity contribution in [1.29, 1.82) is 0 Å². The number of likely N-dealkylation sites (tertiary alicyclic amines) is 1. The van der Waals surface area contributed by atoms with E-state index in [0.29, 0.717) is 37.1 Å². The first-order chi connectivity index (χ1) is 10.1. The molecule has 21 heavy (non-hydrogen) atoms. The smallest absolute Gasteiger partial charge is 0.246 e. The summed E-state index contributed by atoms with van der Waals surface area (Å²) >= 11 is 0. The van der Waals surface area contributed by atoms with Crippen molar-refractivity contribution in [3.63, 3.8) is 0 Å². The maximum atomic E-state index is 12.3. The molecule has 1 amide bonds. The molecule has 1 fully saturated rings. The lowest BCUT2D eigenvalue weighted by Gasteiger charge is -2.30. The van der Waals surface area contributed by atoms with Crippen LogP contribution >= 0.6 is 0 Å². The maximum Gasteiger partial charge on any atom is 0.246 e. The highest BCUT2D eigenvalue weighted by Crippen LogP contribution is 2.20. The molecule has 1 saturated heterocycles. The van der Waals surface area contributed by atoms with E-state index < -0.39 is 0 Å². The number of rotatable bonds is 6. The van der Waals surface area contributed by atoms with Crippen LogP contribution in [-0.2, 0) is 11.3 Å². The normalized spacial score (nSPS) is 19.7. The van der Waals surface area contributed by atoms with Gasteiger partial charge in [-0.3, -0.25) is 4.79 Å². The van der Waals surface area contributed by atoms with E-state index in [2.05, 4.69) is 22.1 Å². The highest BCUT2D eigenvalue weighted by atomic mass is 16.5. The van der Waals surface area contributed by atoms with Crippen molar-refractivity contribution < 1.29 is 9.32 Å². The summed E-state index contributed by atoms with van der Waals surface area (Å²) in [5.41, 5.74) is 0. The molecule has 1 aromatic heterocycles. The quantitative estimate of drug-likeness (QED) is 0.801. The van der Waals surface area contributed by atoms with Crippen LogP contribution in [0.2, 0.25) is 0 Å². The Morgan fingerprint density at radius 1 is 1.52 bits per heavy atom. The number of hydrogen-bond donors (Lipinski definition) is 0. The van der Waals surface area contributed by atoms with Gasteiger partial charge in [-0.1, -0.05) is 5.16 Å². The topological polar surface area (TPSA) is 62.5 Å². The van der Waals surface area contributed by atoms with Gasteiger partial charge in [0.2, 0.25) is 11.8 Å². The van der Waals surface area contributed by atoms with Gasteiger partial charge in [0.15, 0.2) is 5.82 Å². The Labute approximate surface area is 126 Å². The predicted octanol–water partition coefficient (Wildman–Crippen LogP) is 1.85. The maximum absolute atomic E-state index is 12.3. The third-order valence-corrected chi connectivity index (χ3v) is 4.12. The molecule has 118 valence electrons. The van der Waals surface area contributed by atoms with Crippen molar-refractivity contribution in [2.45, 2.75) is 46.1 Å². The van der Waals surface area contributed by atoms with Crippen molar-refractivity contribution in [3.8, 4) is 0 Å². The molecule has 0 aliphatic carbocycles. The van der Waals surface area contributed by atoms with Gasteiger partial charge in [-0.2, -0.15) is 4.98 Å². The van der Waals surface area contributed by atoms with Crippen LogP contribution in [0.25, 0.3) is 0 Å². The number of amides is 1. The predicted molar refractivity (Wildman–Crippen MR) is 79.6 cm³/mol. The Hall–Kier alpha value is -1.43. The fourth-order valence-corrected chi connectivity index (χ4v) is 2.94. The van der Waals surface area contributed by atoms with Gasteiger partial charge in [0, 0.05) is 19.5 Å². The summed E-state index contributed by atoms with van der Waals surface area (Å²) in [6.45, 7) is 7.15. The van der Waals surface area contributed by atoms with Gasteiger partial charge in [-0.15, -0.1) is 0 Å². The zero-order valence-corrected chi connectivity index (χ0v) is 13.3. The van der Waals surface area contributed by atoms with Gasteiger partial charge in [0.1, 0.15) is 0 Å².